The van der Waals surface area contributed by atoms with E-state index in [-0.39, 0.29) is 58.1 Å². The molecule has 0 amide bonds. The number of rotatable bonds is 5. The lowest BCUT2D eigenvalue weighted by molar-refractivity contribution is 0.670. The first-order chi connectivity index (χ1) is 31.2. The fraction of sp³-hybridized carbons (Fsp3) is 0. The summed E-state index contributed by atoms with van der Waals surface area (Å²) in [5.41, 5.74) is 6.42. The first kappa shape index (κ1) is 26.8. The molecular formula is C53H32N4O. The minimum Gasteiger partial charge on any atom is -0.455 e. The van der Waals surface area contributed by atoms with Crippen molar-refractivity contribution in [1.82, 2.24) is 19.5 Å². The predicted octanol–water partition coefficient (Wildman–Crippen LogP) is 13.8. The normalized spacial score (nSPS) is 13.2. The van der Waals surface area contributed by atoms with Crippen molar-refractivity contribution in [1.29, 1.82) is 0 Å². The Labute approximate surface area is 341 Å². The lowest BCUT2D eigenvalue weighted by atomic mass is 10.00. The van der Waals surface area contributed by atoms with Crippen LogP contribution in [-0.2, 0) is 0 Å². The van der Waals surface area contributed by atoms with Crippen molar-refractivity contribution in [3.05, 3.63) is 194 Å². The molecule has 5 heteroatoms. The molecule has 3 aromatic heterocycles. The van der Waals surface area contributed by atoms with Gasteiger partial charge in [-0.3, -0.25) is 0 Å². The summed E-state index contributed by atoms with van der Waals surface area (Å²) in [7, 11) is 0. The van der Waals surface area contributed by atoms with Crippen LogP contribution in [0.3, 0.4) is 0 Å². The average Bonchev–Trinajstić information content (AvgIpc) is 3.90. The van der Waals surface area contributed by atoms with Crippen LogP contribution in [0.4, 0.5) is 0 Å². The highest BCUT2D eigenvalue weighted by Crippen LogP contribution is 2.41. The number of para-hydroxylation sites is 2. The van der Waals surface area contributed by atoms with Gasteiger partial charge in [0, 0.05) is 49.5 Å². The van der Waals surface area contributed by atoms with E-state index in [1.54, 1.807) is 4.57 Å². The lowest BCUT2D eigenvalue weighted by Gasteiger charge is -2.11. The zero-order chi connectivity index (χ0) is 43.4. The van der Waals surface area contributed by atoms with E-state index in [0.717, 1.165) is 60.1 Å². The predicted molar refractivity (Wildman–Crippen MR) is 238 cm³/mol. The Hall–Kier alpha value is -7.89. The molecule has 12 aromatic rings. The first-order valence-corrected chi connectivity index (χ1v) is 19.0. The topological polar surface area (TPSA) is 56.7 Å². The highest BCUT2D eigenvalue weighted by molar-refractivity contribution is 6.13. The van der Waals surface area contributed by atoms with E-state index in [1.807, 2.05) is 103 Å². The zero-order valence-corrected chi connectivity index (χ0v) is 30.7. The van der Waals surface area contributed by atoms with Crippen LogP contribution in [0.15, 0.2) is 198 Å². The molecule has 0 aliphatic heterocycles. The van der Waals surface area contributed by atoms with Crippen LogP contribution in [0.5, 0.6) is 0 Å². The van der Waals surface area contributed by atoms with Crippen LogP contribution in [0.1, 0.15) is 8.22 Å². The van der Waals surface area contributed by atoms with E-state index in [2.05, 4.69) is 42.5 Å². The fourth-order valence-electron chi connectivity index (χ4n) is 8.23. The average molecular weight is 747 g/mol. The van der Waals surface area contributed by atoms with E-state index in [0.29, 0.717) is 34.3 Å². The molecule has 0 fully saturated rings. The van der Waals surface area contributed by atoms with Crippen LogP contribution in [0.25, 0.3) is 116 Å². The second kappa shape index (κ2) is 12.8. The minimum absolute atomic E-state index is 0.0239. The van der Waals surface area contributed by atoms with E-state index < -0.39 is 0 Å². The van der Waals surface area contributed by atoms with Crippen LogP contribution >= 0.6 is 0 Å². The van der Waals surface area contributed by atoms with Crippen molar-refractivity contribution in [3.8, 4) is 51.0 Å². The molecule has 0 saturated carbocycles. The Morgan fingerprint density at radius 3 is 1.72 bits per heavy atom. The SMILES string of the molecule is [2H]c1cc([2H])c2c(c1[2H])c1c([2H])c([2H])cc([2H])c1n2-c1cc(-c2ccccc2)c2oc3cc(-c4nc(-c5ccccc5)nc(-c5ccc6ccc7ccccc7c6c5)n4)ccc3c2c1. The van der Waals surface area contributed by atoms with Crippen LogP contribution in [-0.4, -0.2) is 19.5 Å². The summed E-state index contributed by atoms with van der Waals surface area (Å²) in [5.74, 6) is 1.55. The van der Waals surface area contributed by atoms with E-state index in [9.17, 15) is 0 Å². The van der Waals surface area contributed by atoms with Gasteiger partial charge in [0.05, 0.1) is 19.3 Å². The Kier molecular flexibility index (Phi) is 5.94. The van der Waals surface area contributed by atoms with Gasteiger partial charge in [-0.15, -0.1) is 0 Å². The molecule has 0 saturated heterocycles. The summed E-state index contributed by atoms with van der Waals surface area (Å²) in [6.07, 6.45) is 0. The van der Waals surface area contributed by atoms with Gasteiger partial charge in [0.15, 0.2) is 17.5 Å². The smallest absolute Gasteiger partial charge is 0.164 e. The highest BCUT2D eigenvalue weighted by atomic mass is 16.3. The maximum absolute atomic E-state index is 9.08. The van der Waals surface area contributed by atoms with Gasteiger partial charge < -0.3 is 8.98 Å². The van der Waals surface area contributed by atoms with Crippen LogP contribution in [0.2, 0.25) is 0 Å². The summed E-state index contributed by atoms with van der Waals surface area (Å²) in [4.78, 5) is 15.1. The molecule has 0 spiro atoms. The Morgan fingerprint density at radius 2 is 1.00 bits per heavy atom. The van der Waals surface area contributed by atoms with Gasteiger partial charge in [0.2, 0.25) is 0 Å². The zero-order valence-electron chi connectivity index (χ0n) is 36.7. The lowest BCUT2D eigenvalue weighted by Crippen LogP contribution is -2.00. The molecule has 0 aliphatic rings. The van der Waals surface area contributed by atoms with E-state index in [4.69, 9.17) is 27.6 Å². The third-order valence-corrected chi connectivity index (χ3v) is 11.0. The van der Waals surface area contributed by atoms with Gasteiger partial charge in [-0.05, 0) is 69.5 Å². The quantitative estimate of drug-likeness (QED) is 0.165. The van der Waals surface area contributed by atoms with Crippen molar-refractivity contribution in [2.75, 3.05) is 0 Å². The summed E-state index contributed by atoms with van der Waals surface area (Å²) in [6.45, 7) is 0. The summed E-state index contributed by atoms with van der Waals surface area (Å²) < 4.78 is 61.5. The standard InChI is InChI=1S/C53H32N4O/c1-3-13-33(14-4-1)45-31-39(57-47-21-11-9-19-41(47)42-20-10-12-22-48(42)57)32-46-43-28-27-38(30-49(43)58-50(45)46)53-55-51(36-16-5-2-6-17-36)54-52(56-53)37-26-25-35-24-23-34-15-7-8-18-40(34)44(35)29-37/h1-32H/i9D,10D,19D,20D,21D,22D. The summed E-state index contributed by atoms with van der Waals surface area (Å²) >= 11 is 0. The number of furan rings is 1. The Balaban J connectivity index is 1.09. The van der Waals surface area contributed by atoms with Crippen molar-refractivity contribution < 1.29 is 12.6 Å². The maximum Gasteiger partial charge on any atom is 0.164 e. The molecule has 0 unspecified atom stereocenters. The van der Waals surface area contributed by atoms with Crippen molar-refractivity contribution in [2.24, 2.45) is 0 Å². The molecule has 0 N–H and O–H groups in total. The van der Waals surface area contributed by atoms with Crippen molar-refractivity contribution in [3.63, 3.8) is 0 Å². The third-order valence-electron chi connectivity index (χ3n) is 11.0. The van der Waals surface area contributed by atoms with E-state index in [1.165, 1.54) is 12.1 Å². The van der Waals surface area contributed by atoms with Gasteiger partial charge >= 0.3 is 0 Å². The van der Waals surface area contributed by atoms with Gasteiger partial charge in [0.1, 0.15) is 11.2 Å². The molecule has 9 aromatic carbocycles. The molecular weight excluding hydrogens is 709 g/mol. The number of fused-ring (bicyclic) bond motifs is 9. The third kappa shape index (κ3) is 5.14. The van der Waals surface area contributed by atoms with Crippen molar-refractivity contribution in [2.45, 2.75) is 0 Å². The molecule has 5 nitrogen and oxygen atoms in total. The largest absolute Gasteiger partial charge is 0.455 e. The summed E-state index contributed by atoms with van der Waals surface area (Å²) in [6, 6.07) is 50.3. The van der Waals surface area contributed by atoms with Gasteiger partial charge in [-0.25, -0.2) is 15.0 Å². The van der Waals surface area contributed by atoms with Crippen LogP contribution in [0, 0.1) is 0 Å². The van der Waals surface area contributed by atoms with E-state index >= 15 is 0 Å². The van der Waals surface area contributed by atoms with Gasteiger partial charge in [0.25, 0.3) is 0 Å². The molecule has 0 radical (unpaired) electrons. The molecule has 58 heavy (non-hydrogen) atoms. The molecule has 3 heterocycles. The molecule has 270 valence electrons. The number of hydrogen-bond acceptors (Lipinski definition) is 4. The first-order valence-electron chi connectivity index (χ1n) is 22.0. The number of benzene rings is 9. The van der Waals surface area contributed by atoms with Gasteiger partial charge in [-0.1, -0.05) is 152 Å². The van der Waals surface area contributed by atoms with Crippen molar-refractivity contribution >= 4 is 65.3 Å². The molecule has 0 atom stereocenters. The summed E-state index contributed by atoms with van der Waals surface area (Å²) in [5, 5.41) is 6.51. The molecule has 0 bridgehead atoms. The second-order valence-electron chi connectivity index (χ2n) is 14.3. The molecule has 0 aliphatic carbocycles. The number of nitrogens with zero attached hydrogens (tertiary/aromatic N) is 4. The molecule has 12 rings (SSSR count). The monoisotopic (exact) mass is 746 g/mol. The Bertz CT molecular complexity index is 3850. The number of aromatic nitrogens is 4. The number of hydrogen-bond donors (Lipinski definition) is 0. The Morgan fingerprint density at radius 1 is 0.414 bits per heavy atom. The van der Waals surface area contributed by atoms with Crippen LogP contribution < -0.4 is 0 Å². The second-order valence-corrected chi connectivity index (χ2v) is 14.3. The van der Waals surface area contributed by atoms with Gasteiger partial charge in [-0.2, -0.15) is 0 Å². The fourth-order valence-corrected chi connectivity index (χ4v) is 8.23. The highest BCUT2D eigenvalue weighted by Gasteiger charge is 2.20. The minimum atomic E-state index is -0.165. The maximum atomic E-state index is 9.08.